The van der Waals surface area contributed by atoms with E-state index >= 15 is 0 Å². The zero-order valence-corrected chi connectivity index (χ0v) is 11.3. The number of fused-ring (bicyclic) bond motifs is 1. The Labute approximate surface area is 114 Å². The second kappa shape index (κ2) is 5.04. The Morgan fingerprint density at radius 1 is 1.32 bits per heavy atom. The lowest BCUT2D eigenvalue weighted by atomic mass is 9.97. The zero-order chi connectivity index (χ0) is 13.2. The molecule has 19 heavy (non-hydrogen) atoms. The summed E-state index contributed by atoms with van der Waals surface area (Å²) < 4.78 is 0. The Morgan fingerprint density at radius 3 is 2.84 bits per heavy atom. The van der Waals surface area contributed by atoms with Gasteiger partial charge < -0.3 is 4.90 Å². The van der Waals surface area contributed by atoms with Crippen LogP contribution in [0.3, 0.4) is 0 Å². The molecule has 2 heteroatoms. The lowest BCUT2D eigenvalue weighted by molar-refractivity contribution is 0.0988. The highest BCUT2D eigenvalue weighted by Crippen LogP contribution is 2.36. The number of hydrogen-bond donors (Lipinski definition) is 0. The van der Waals surface area contributed by atoms with Crippen LogP contribution in [0.1, 0.15) is 36.5 Å². The van der Waals surface area contributed by atoms with Crippen molar-refractivity contribution in [3.05, 3.63) is 53.8 Å². The quantitative estimate of drug-likeness (QED) is 0.760. The summed E-state index contributed by atoms with van der Waals surface area (Å²) in [7, 11) is 0. The average Bonchev–Trinajstić information content (AvgIpc) is 2.90. The minimum atomic E-state index is 0.214. The van der Waals surface area contributed by atoms with Gasteiger partial charge in [-0.25, -0.2) is 0 Å². The number of carbonyl (C=O) groups is 1. The Morgan fingerprint density at radius 2 is 2.11 bits per heavy atom. The van der Waals surface area contributed by atoms with Crippen molar-refractivity contribution in [2.45, 2.75) is 26.2 Å². The first-order chi connectivity index (χ1) is 9.29. The molecule has 0 aromatic heterocycles. The molecule has 1 heterocycles. The monoisotopic (exact) mass is 253 g/mol. The largest absolute Gasteiger partial charge is 0.345 e. The van der Waals surface area contributed by atoms with E-state index in [1.165, 1.54) is 17.8 Å². The smallest absolute Gasteiger partial charge is 0.162 e. The maximum Gasteiger partial charge on any atom is 0.162 e. The molecule has 1 aliphatic heterocycles. The van der Waals surface area contributed by atoms with Crippen molar-refractivity contribution in [2.24, 2.45) is 5.92 Å². The van der Waals surface area contributed by atoms with Crippen molar-refractivity contribution < 1.29 is 4.79 Å². The predicted octanol–water partition coefficient (Wildman–Crippen LogP) is 3.95. The molecule has 98 valence electrons. The molecule has 0 radical (unpaired) electrons. The van der Waals surface area contributed by atoms with Crippen LogP contribution in [-0.2, 0) is 0 Å². The third kappa shape index (κ3) is 2.23. The van der Waals surface area contributed by atoms with Crippen molar-refractivity contribution in [3.63, 3.8) is 0 Å². The van der Waals surface area contributed by atoms with Crippen molar-refractivity contribution >= 4 is 11.5 Å². The first-order valence-corrected chi connectivity index (χ1v) is 7.07. The van der Waals surface area contributed by atoms with Gasteiger partial charge in [0.05, 0.1) is 0 Å². The molecule has 1 aromatic carbocycles. The number of rotatable bonds is 3. The van der Waals surface area contributed by atoms with Gasteiger partial charge in [0, 0.05) is 35.8 Å². The van der Waals surface area contributed by atoms with Gasteiger partial charge in [0.2, 0.25) is 0 Å². The molecule has 0 amide bonds. The number of ketones is 1. The average molecular weight is 253 g/mol. The summed E-state index contributed by atoms with van der Waals surface area (Å²) in [5, 5.41) is 0. The third-order valence-corrected chi connectivity index (χ3v) is 4.08. The van der Waals surface area contributed by atoms with Gasteiger partial charge in [0.1, 0.15) is 0 Å². The summed E-state index contributed by atoms with van der Waals surface area (Å²) in [6, 6.07) is 8.05. The Hall–Kier alpha value is -1.83. The Balaban J connectivity index is 1.85. The van der Waals surface area contributed by atoms with Gasteiger partial charge in [-0.1, -0.05) is 19.1 Å². The molecule has 0 bridgehead atoms. The normalized spacial score (nSPS) is 21.2. The number of benzene rings is 1. The molecule has 0 N–H and O–H groups in total. The summed E-state index contributed by atoms with van der Waals surface area (Å²) in [6.07, 6.45) is 9.59. The van der Waals surface area contributed by atoms with Gasteiger partial charge in [0.15, 0.2) is 5.78 Å². The standard InChI is InChI=1S/C17H19NO/c1-2-17(19)14-7-9-15(10-8-14)18-12-11-13-5-3-4-6-16(13)18/h3-4,6-10,13H,2,5,11-12H2,1H3. The van der Waals surface area contributed by atoms with Crippen molar-refractivity contribution in [1.29, 1.82) is 0 Å². The first-order valence-electron chi connectivity index (χ1n) is 7.07. The molecular formula is C17H19NO. The highest BCUT2D eigenvalue weighted by Gasteiger charge is 2.28. The Bertz CT molecular complexity index is 539. The van der Waals surface area contributed by atoms with E-state index < -0.39 is 0 Å². The van der Waals surface area contributed by atoms with E-state index in [2.05, 4.69) is 35.3 Å². The molecule has 1 fully saturated rings. The second-order valence-electron chi connectivity index (χ2n) is 5.22. The van der Waals surface area contributed by atoms with Gasteiger partial charge >= 0.3 is 0 Å². The lowest BCUT2D eigenvalue weighted by Gasteiger charge is -2.23. The highest BCUT2D eigenvalue weighted by atomic mass is 16.1. The van der Waals surface area contributed by atoms with Crippen LogP contribution in [0.15, 0.2) is 48.2 Å². The van der Waals surface area contributed by atoms with E-state index in [4.69, 9.17) is 0 Å². The predicted molar refractivity (Wildman–Crippen MR) is 78.4 cm³/mol. The van der Waals surface area contributed by atoms with Gasteiger partial charge in [-0.05, 0) is 43.2 Å². The number of Topliss-reactive ketones (excluding diaryl/α,β-unsaturated/α-hetero) is 1. The molecule has 3 rings (SSSR count). The van der Waals surface area contributed by atoms with E-state index in [0.29, 0.717) is 12.3 Å². The minimum Gasteiger partial charge on any atom is -0.345 e. The van der Waals surface area contributed by atoms with Gasteiger partial charge in [0.25, 0.3) is 0 Å². The SMILES string of the molecule is CCC(=O)c1ccc(N2CCC3CC=CC=C32)cc1. The Kier molecular flexibility index (Phi) is 3.24. The molecule has 1 saturated heterocycles. The molecule has 0 saturated carbocycles. The van der Waals surface area contributed by atoms with Gasteiger partial charge in [-0.15, -0.1) is 0 Å². The minimum absolute atomic E-state index is 0.214. The molecule has 1 aliphatic carbocycles. The summed E-state index contributed by atoms with van der Waals surface area (Å²) in [5.41, 5.74) is 3.45. The van der Waals surface area contributed by atoms with Crippen LogP contribution in [0.25, 0.3) is 0 Å². The van der Waals surface area contributed by atoms with E-state index in [1.54, 1.807) is 0 Å². The number of hydrogen-bond acceptors (Lipinski definition) is 2. The molecule has 1 atom stereocenters. The summed E-state index contributed by atoms with van der Waals surface area (Å²) in [4.78, 5) is 14.0. The van der Waals surface area contributed by atoms with Crippen molar-refractivity contribution in [1.82, 2.24) is 0 Å². The van der Waals surface area contributed by atoms with Crippen LogP contribution in [-0.4, -0.2) is 12.3 Å². The summed E-state index contributed by atoms with van der Waals surface area (Å²) >= 11 is 0. The zero-order valence-electron chi connectivity index (χ0n) is 11.3. The fourth-order valence-corrected chi connectivity index (χ4v) is 2.97. The molecule has 2 aliphatic rings. The summed E-state index contributed by atoms with van der Waals surface area (Å²) in [6.45, 7) is 2.99. The van der Waals surface area contributed by atoms with E-state index in [1.807, 2.05) is 19.1 Å². The fraction of sp³-hybridized carbons (Fsp3) is 0.353. The fourth-order valence-electron chi connectivity index (χ4n) is 2.97. The highest BCUT2D eigenvalue weighted by molar-refractivity contribution is 5.96. The third-order valence-electron chi connectivity index (χ3n) is 4.08. The molecule has 2 nitrogen and oxygen atoms in total. The maximum absolute atomic E-state index is 11.6. The number of nitrogens with zero attached hydrogens (tertiary/aromatic N) is 1. The van der Waals surface area contributed by atoms with E-state index in [9.17, 15) is 4.79 Å². The van der Waals surface area contributed by atoms with Crippen LogP contribution in [0.2, 0.25) is 0 Å². The van der Waals surface area contributed by atoms with Crippen LogP contribution < -0.4 is 4.90 Å². The topological polar surface area (TPSA) is 20.3 Å². The van der Waals surface area contributed by atoms with Crippen molar-refractivity contribution in [3.8, 4) is 0 Å². The van der Waals surface area contributed by atoms with Gasteiger partial charge in [-0.3, -0.25) is 4.79 Å². The van der Waals surface area contributed by atoms with Crippen LogP contribution in [0.5, 0.6) is 0 Å². The van der Waals surface area contributed by atoms with Crippen LogP contribution in [0.4, 0.5) is 5.69 Å². The van der Waals surface area contributed by atoms with Crippen LogP contribution >= 0.6 is 0 Å². The van der Waals surface area contributed by atoms with Crippen LogP contribution in [0, 0.1) is 5.92 Å². The molecule has 1 aromatic rings. The lowest BCUT2D eigenvalue weighted by Crippen LogP contribution is -2.18. The molecule has 1 unspecified atom stereocenters. The number of allylic oxidation sites excluding steroid dienone is 4. The van der Waals surface area contributed by atoms with Gasteiger partial charge in [-0.2, -0.15) is 0 Å². The number of carbonyl (C=O) groups excluding carboxylic acids is 1. The summed E-state index contributed by atoms with van der Waals surface area (Å²) in [5.74, 6) is 0.896. The molecular weight excluding hydrogens is 234 g/mol. The first kappa shape index (κ1) is 12.2. The van der Waals surface area contributed by atoms with E-state index in [0.717, 1.165) is 18.5 Å². The number of anilines is 1. The van der Waals surface area contributed by atoms with E-state index in [-0.39, 0.29) is 5.78 Å². The second-order valence-corrected chi connectivity index (χ2v) is 5.22. The maximum atomic E-state index is 11.6. The van der Waals surface area contributed by atoms with Crippen molar-refractivity contribution in [2.75, 3.05) is 11.4 Å². The molecule has 0 spiro atoms.